The van der Waals surface area contributed by atoms with Crippen LogP contribution in [0, 0.1) is 12.3 Å². The fourth-order valence-corrected chi connectivity index (χ4v) is 5.28. The third kappa shape index (κ3) is 3.24. The molecule has 2 bridgehead atoms. The molecule has 0 aromatic carbocycles. The summed E-state index contributed by atoms with van der Waals surface area (Å²) < 4.78 is 7.78. The molecule has 2 N–H and O–H groups in total. The molecule has 3 aliphatic rings. The van der Waals surface area contributed by atoms with Gasteiger partial charge in [-0.1, -0.05) is 0 Å². The molecule has 1 aliphatic heterocycles. The van der Waals surface area contributed by atoms with Crippen molar-refractivity contribution in [2.24, 2.45) is 5.41 Å². The highest BCUT2D eigenvalue weighted by atomic mass is 16.6. The molecule has 1 amide bonds. The second-order valence-corrected chi connectivity index (χ2v) is 9.68. The van der Waals surface area contributed by atoms with Crippen molar-refractivity contribution in [2.45, 2.75) is 90.4 Å². The van der Waals surface area contributed by atoms with E-state index in [1.54, 1.807) is 0 Å². The SMILES string of the molecule is Cc1nn(CC23CCC(NC(=O)OC(C)(C)C)(CC2)C3)c2c1CNCC2. The second-order valence-electron chi connectivity index (χ2n) is 9.68. The summed E-state index contributed by atoms with van der Waals surface area (Å²) in [5.74, 6) is 0. The minimum Gasteiger partial charge on any atom is -0.444 e. The number of fused-ring (bicyclic) bond motifs is 3. The molecule has 2 heterocycles. The Morgan fingerprint density at radius 2 is 2.04 bits per heavy atom. The molecule has 26 heavy (non-hydrogen) atoms. The number of carbonyl (C=O) groups excluding carboxylic acids is 1. The van der Waals surface area contributed by atoms with E-state index in [-0.39, 0.29) is 17.0 Å². The van der Waals surface area contributed by atoms with Crippen molar-refractivity contribution in [1.29, 1.82) is 0 Å². The van der Waals surface area contributed by atoms with Gasteiger partial charge in [0.25, 0.3) is 0 Å². The van der Waals surface area contributed by atoms with Crippen molar-refractivity contribution in [2.75, 3.05) is 6.54 Å². The van der Waals surface area contributed by atoms with Crippen LogP contribution >= 0.6 is 0 Å². The molecule has 6 nitrogen and oxygen atoms in total. The zero-order valence-corrected chi connectivity index (χ0v) is 16.6. The Morgan fingerprint density at radius 3 is 2.73 bits per heavy atom. The Balaban J connectivity index is 1.46. The number of aromatic nitrogens is 2. The number of rotatable bonds is 3. The average Bonchev–Trinajstić information content (AvgIpc) is 3.16. The fraction of sp³-hybridized carbons (Fsp3) is 0.800. The van der Waals surface area contributed by atoms with E-state index in [9.17, 15) is 4.79 Å². The average molecular weight is 361 g/mol. The first-order valence-electron chi connectivity index (χ1n) is 9.96. The van der Waals surface area contributed by atoms with Gasteiger partial charge in [-0.05, 0) is 65.2 Å². The van der Waals surface area contributed by atoms with Crippen LogP contribution in [-0.4, -0.2) is 33.6 Å². The van der Waals surface area contributed by atoms with E-state index < -0.39 is 5.60 Å². The zero-order chi connectivity index (χ0) is 18.6. The lowest BCUT2D eigenvalue weighted by Gasteiger charge is -2.30. The van der Waals surface area contributed by atoms with Crippen molar-refractivity contribution in [3.05, 3.63) is 17.0 Å². The van der Waals surface area contributed by atoms with Crippen LogP contribution in [0.2, 0.25) is 0 Å². The van der Waals surface area contributed by atoms with E-state index in [4.69, 9.17) is 9.84 Å². The highest BCUT2D eigenvalue weighted by Crippen LogP contribution is 2.57. The van der Waals surface area contributed by atoms with Gasteiger partial charge in [0, 0.05) is 42.9 Å². The topological polar surface area (TPSA) is 68.2 Å². The van der Waals surface area contributed by atoms with Gasteiger partial charge in [0.2, 0.25) is 0 Å². The molecule has 1 aromatic heterocycles. The lowest BCUT2D eigenvalue weighted by atomic mass is 9.84. The molecule has 6 heteroatoms. The van der Waals surface area contributed by atoms with Gasteiger partial charge in [-0.3, -0.25) is 4.68 Å². The van der Waals surface area contributed by atoms with Crippen LogP contribution < -0.4 is 10.6 Å². The predicted octanol–water partition coefficient (Wildman–Crippen LogP) is 3.06. The molecule has 0 saturated heterocycles. The van der Waals surface area contributed by atoms with Gasteiger partial charge < -0.3 is 15.4 Å². The summed E-state index contributed by atoms with van der Waals surface area (Å²) in [6, 6.07) is 0. The number of hydrogen-bond donors (Lipinski definition) is 2. The van der Waals surface area contributed by atoms with Crippen LogP contribution in [0.4, 0.5) is 4.79 Å². The Hall–Kier alpha value is -1.56. The van der Waals surface area contributed by atoms with E-state index >= 15 is 0 Å². The Bertz CT molecular complexity index is 708. The van der Waals surface area contributed by atoms with E-state index in [0.29, 0.717) is 0 Å². The Morgan fingerprint density at radius 1 is 1.31 bits per heavy atom. The lowest BCUT2D eigenvalue weighted by molar-refractivity contribution is 0.0458. The molecular weight excluding hydrogens is 328 g/mol. The minimum atomic E-state index is -0.450. The molecule has 0 radical (unpaired) electrons. The zero-order valence-electron chi connectivity index (χ0n) is 16.6. The molecule has 0 unspecified atom stereocenters. The third-order valence-corrected chi connectivity index (χ3v) is 6.44. The number of carbonyl (C=O) groups is 1. The lowest BCUT2D eigenvalue weighted by Crippen LogP contribution is -2.47. The first-order valence-corrected chi connectivity index (χ1v) is 9.96. The maximum absolute atomic E-state index is 12.3. The van der Waals surface area contributed by atoms with Crippen molar-refractivity contribution in [1.82, 2.24) is 20.4 Å². The van der Waals surface area contributed by atoms with Crippen LogP contribution in [0.25, 0.3) is 0 Å². The molecule has 0 spiro atoms. The number of aryl methyl sites for hydroxylation is 1. The summed E-state index contributed by atoms with van der Waals surface area (Å²) in [6.07, 6.45) is 6.27. The van der Waals surface area contributed by atoms with Crippen molar-refractivity contribution >= 4 is 6.09 Å². The third-order valence-electron chi connectivity index (χ3n) is 6.44. The molecule has 0 atom stereocenters. The monoisotopic (exact) mass is 360 g/mol. The minimum absolute atomic E-state index is 0.0772. The van der Waals surface area contributed by atoms with Gasteiger partial charge in [0.05, 0.1) is 5.69 Å². The summed E-state index contributed by atoms with van der Waals surface area (Å²) in [6.45, 7) is 10.8. The molecule has 2 fully saturated rings. The summed E-state index contributed by atoms with van der Waals surface area (Å²) in [5.41, 5.74) is 3.71. The van der Waals surface area contributed by atoms with E-state index in [2.05, 4.69) is 22.2 Å². The molecule has 144 valence electrons. The number of ether oxygens (including phenoxy) is 1. The summed E-state index contributed by atoms with van der Waals surface area (Å²) in [4.78, 5) is 12.3. The summed E-state index contributed by atoms with van der Waals surface area (Å²) in [5, 5.41) is 11.5. The maximum Gasteiger partial charge on any atom is 0.408 e. The summed E-state index contributed by atoms with van der Waals surface area (Å²) >= 11 is 0. The number of alkyl carbamates (subject to hydrolysis) is 1. The quantitative estimate of drug-likeness (QED) is 0.869. The molecular formula is C20H32N4O2. The largest absolute Gasteiger partial charge is 0.444 e. The number of nitrogens with zero attached hydrogens (tertiary/aromatic N) is 2. The van der Waals surface area contributed by atoms with Crippen molar-refractivity contribution in [3.63, 3.8) is 0 Å². The Labute approximate surface area is 156 Å². The van der Waals surface area contributed by atoms with Crippen LogP contribution in [0.15, 0.2) is 0 Å². The maximum atomic E-state index is 12.3. The standard InChI is InChI=1S/C20H32N4O2/c1-14-15-11-21-10-5-16(15)24(23-14)13-19-6-8-20(12-19,9-7-19)22-17(25)26-18(2,3)4/h21H,5-13H2,1-4H3,(H,22,25). The number of nitrogens with one attached hydrogen (secondary N) is 2. The summed E-state index contributed by atoms with van der Waals surface area (Å²) in [7, 11) is 0. The van der Waals surface area contributed by atoms with Crippen molar-refractivity contribution < 1.29 is 9.53 Å². The highest BCUT2D eigenvalue weighted by molar-refractivity contribution is 5.69. The van der Waals surface area contributed by atoms with Gasteiger partial charge in [0.15, 0.2) is 0 Å². The van der Waals surface area contributed by atoms with E-state index in [1.165, 1.54) is 11.3 Å². The number of amides is 1. The smallest absolute Gasteiger partial charge is 0.408 e. The van der Waals surface area contributed by atoms with E-state index in [0.717, 1.165) is 63.9 Å². The predicted molar refractivity (Wildman–Crippen MR) is 100.0 cm³/mol. The van der Waals surface area contributed by atoms with Crippen LogP contribution in [0.1, 0.15) is 69.8 Å². The van der Waals surface area contributed by atoms with Crippen LogP contribution in [-0.2, 0) is 24.2 Å². The van der Waals surface area contributed by atoms with Crippen LogP contribution in [0.5, 0.6) is 0 Å². The highest BCUT2D eigenvalue weighted by Gasteiger charge is 2.55. The van der Waals surface area contributed by atoms with Gasteiger partial charge in [-0.2, -0.15) is 5.10 Å². The Kier molecular flexibility index (Phi) is 4.10. The van der Waals surface area contributed by atoms with Gasteiger partial charge in [-0.25, -0.2) is 4.79 Å². The van der Waals surface area contributed by atoms with Gasteiger partial charge in [0.1, 0.15) is 5.60 Å². The fourth-order valence-electron chi connectivity index (χ4n) is 5.28. The normalized spacial score (nSPS) is 30.3. The second kappa shape index (κ2) is 5.98. The first-order chi connectivity index (χ1) is 12.2. The van der Waals surface area contributed by atoms with Gasteiger partial charge >= 0.3 is 6.09 Å². The molecule has 2 aliphatic carbocycles. The van der Waals surface area contributed by atoms with Gasteiger partial charge in [-0.15, -0.1) is 0 Å². The van der Waals surface area contributed by atoms with Crippen molar-refractivity contribution in [3.8, 4) is 0 Å². The van der Waals surface area contributed by atoms with E-state index in [1.807, 2.05) is 20.8 Å². The number of hydrogen-bond acceptors (Lipinski definition) is 4. The molecule has 2 saturated carbocycles. The molecule has 1 aromatic rings. The van der Waals surface area contributed by atoms with Crippen LogP contribution in [0.3, 0.4) is 0 Å². The molecule has 4 rings (SSSR count). The first kappa shape index (κ1) is 17.8.